The number of aromatic hydroxyl groups is 2. The summed E-state index contributed by atoms with van der Waals surface area (Å²) < 4.78 is 32.8. The van der Waals surface area contributed by atoms with Crippen LogP contribution in [0.1, 0.15) is 39.0 Å². The highest BCUT2D eigenvalue weighted by Crippen LogP contribution is 2.55. The molecule has 11 heteroatoms. The van der Waals surface area contributed by atoms with Crippen molar-refractivity contribution in [1.29, 1.82) is 0 Å². The first-order valence-electron chi connectivity index (χ1n) is 12.6. The third-order valence-corrected chi connectivity index (χ3v) is 7.78. The molecule has 0 aromatic heterocycles. The number of methoxy groups -OCH3 is 3. The number of phenols is 2. The van der Waals surface area contributed by atoms with Gasteiger partial charge in [0.15, 0.2) is 34.5 Å². The van der Waals surface area contributed by atoms with Crippen molar-refractivity contribution in [3.63, 3.8) is 0 Å². The Kier molecular flexibility index (Phi) is 6.21. The van der Waals surface area contributed by atoms with E-state index in [1.807, 2.05) is 12.1 Å². The number of esters is 1. The number of hydrogen-bond donors (Lipinski definition) is 3. The number of benzene rings is 3. The summed E-state index contributed by atoms with van der Waals surface area (Å²) in [6.45, 7) is 0.132. The third kappa shape index (κ3) is 3.96. The van der Waals surface area contributed by atoms with Crippen molar-refractivity contribution >= 4 is 11.9 Å². The molecule has 6 rings (SSSR count). The van der Waals surface area contributed by atoms with E-state index in [-0.39, 0.29) is 47.7 Å². The van der Waals surface area contributed by atoms with Gasteiger partial charge in [0, 0.05) is 17.4 Å². The number of carbonyl (C=O) groups is 2. The highest BCUT2D eigenvalue weighted by atomic mass is 16.7. The molecule has 1 amide bonds. The molecule has 2 aliphatic heterocycles. The smallest absolute Gasteiger partial charge is 0.310 e. The Bertz CT molecular complexity index is 1490. The molecule has 0 saturated carbocycles. The molecule has 2 heterocycles. The average molecular weight is 550 g/mol. The number of carbonyl (C=O) groups excluding carboxylic acids is 2. The molecular formula is C29H27NO10. The molecule has 1 fully saturated rings. The minimum atomic E-state index is -0.675. The van der Waals surface area contributed by atoms with E-state index in [1.165, 1.54) is 39.5 Å². The summed E-state index contributed by atoms with van der Waals surface area (Å²) in [5, 5.41) is 23.6. The van der Waals surface area contributed by atoms with E-state index in [1.54, 1.807) is 12.1 Å². The summed E-state index contributed by atoms with van der Waals surface area (Å²) in [6, 6.07) is 10.7. The van der Waals surface area contributed by atoms with Crippen LogP contribution in [0.25, 0.3) is 0 Å². The topological polar surface area (TPSA) is 142 Å². The lowest BCUT2D eigenvalue weighted by Crippen LogP contribution is -2.42. The zero-order chi connectivity index (χ0) is 28.1. The maximum atomic E-state index is 13.5. The second kappa shape index (κ2) is 9.74. The largest absolute Gasteiger partial charge is 0.504 e. The van der Waals surface area contributed by atoms with E-state index in [0.717, 1.165) is 11.1 Å². The standard InChI is InChI=1S/C29H27NO10/c1-35-19-6-13(4-5-18(19)31)28(33)30-26-16-10-21-20(39-12-40-21)9-15(16)24(25-17(26)11-38-29(25)34)14-7-22(36-2)27(32)23(8-14)37-3/h4-10,17,24-26,31-32H,11-12H2,1-3H3,(H,30,33)/t17-,24+,25-,26+/m0/s1. The number of ether oxygens (including phenoxy) is 6. The first-order valence-corrected chi connectivity index (χ1v) is 12.6. The van der Waals surface area contributed by atoms with E-state index in [0.29, 0.717) is 17.1 Å². The Morgan fingerprint density at radius 3 is 2.17 bits per heavy atom. The minimum Gasteiger partial charge on any atom is -0.504 e. The molecule has 4 atom stereocenters. The van der Waals surface area contributed by atoms with E-state index in [4.69, 9.17) is 28.4 Å². The number of cyclic esters (lactones) is 1. The highest BCUT2D eigenvalue weighted by Gasteiger charge is 2.53. The van der Waals surface area contributed by atoms with Gasteiger partial charge in [-0.05, 0) is 59.2 Å². The predicted molar refractivity (Wildman–Crippen MR) is 138 cm³/mol. The van der Waals surface area contributed by atoms with Crippen LogP contribution in [-0.2, 0) is 9.53 Å². The van der Waals surface area contributed by atoms with Crippen molar-refractivity contribution in [2.45, 2.75) is 12.0 Å². The molecule has 0 unspecified atom stereocenters. The first-order chi connectivity index (χ1) is 19.3. The van der Waals surface area contributed by atoms with E-state index >= 15 is 0 Å². The van der Waals surface area contributed by atoms with Crippen molar-refractivity contribution in [2.75, 3.05) is 34.7 Å². The maximum absolute atomic E-state index is 13.5. The summed E-state index contributed by atoms with van der Waals surface area (Å²) >= 11 is 0. The average Bonchev–Trinajstić information content (AvgIpc) is 3.58. The lowest BCUT2D eigenvalue weighted by molar-refractivity contribution is -0.141. The van der Waals surface area contributed by atoms with Gasteiger partial charge in [-0.25, -0.2) is 0 Å². The highest BCUT2D eigenvalue weighted by molar-refractivity contribution is 5.95. The van der Waals surface area contributed by atoms with Gasteiger partial charge in [-0.1, -0.05) is 0 Å². The van der Waals surface area contributed by atoms with E-state index < -0.39 is 35.7 Å². The van der Waals surface area contributed by atoms with Crippen LogP contribution in [-0.4, -0.2) is 56.8 Å². The number of rotatable bonds is 6. The van der Waals surface area contributed by atoms with E-state index in [2.05, 4.69) is 5.32 Å². The molecule has 3 aromatic rings. The Labute approximate surface area is 229 Å². The molecule has 1 saturated heterocycles. The molecule has 1 aliphatic carbocycles. The van der Waals surface area contributed by atoms with Gasteiger partial charge < -0.3 is 44.0 Å². The second-order valence-electron chi connectivity index (χ2n) is 9.74. The van der Waals surface area contributed by atoms with Crippen LogP contribution < -0.4 is 29.0 Å². The third-order valence-electron chi connectivity index (χ3n) is 7.78. The van der Waals surface area contributed by atoms with Crippen LogP contribution in [0.3, 0.4) is 0 Å². The van der Waals surface area contributed by atoms with Crippen molar-refractivity contribution < 1.29 is 48.2 Å². The maximum Gasteiger partial charge on any atom is 0.310 e. The number of nitrogens with one attached hydrogen (secondary N) is 1. The van der Waals surface area contributed by atoms with Crippen LogP contribution in [0, 0.1) is 11.8 Å². The molecular weight excluding hydrogens is 522 g/mol. The summed E-state index contributed by atoms with van der Waals surface area (Å²) in [5.41, 5.74) is 2.40. The van der Waals surface area contributed by atoms with Crippen LogP contribution in [0.5, 0.6) is 40.2 Å². The van der Waals surface area contributed by atoms with Gasteiger partial charge in [0.1, 0.15) is 0 Å². The Morgan fingerprint density at radius 1 is 0.875 bits per heavy atom. The monoisotopic (exact) mass is 549 g/mol. The Morgan fingerprint density at radius 2 is 1.52 bits per heavy atom. The van der Waals surface area contributed by atoms with Gasteiger partial charge in [-0.2, -0.15) is 0 Å². The van der Waals surface area contributed by atoms with Gasteiger partial charge in [-0.15, -0.1) is 0 Å². The molecule has 208 valence electrons. The first kappa shape index (κ1) is 25.5. The summed E-state index contributed by atoms with van der Waals surface area (Å²) in [7, 11) is 4.26. The fourth-order valence-corrected chi connectivity index (χ4v) is 5.88. The predicted octanol–water partition coefficient (Wildman–Crippen LogP) is 3.26. The van der Waals surface area contributed by atoms with Crippen LogP contribution in [0.4, 0.5) is 0 Å². The molecule has 3 N–H and O–H groups in total. The Hall–Kier alpha value is -4.80. The van der Waals surface area contributed by atoms with Crippen LogP contribution >= 0.6 is 0 Å². The zero-order valence-electron chi connectivity index (χ0n) is 21.9. The van der Waals surface area contributed by atoms with Crippen molar-refractivity contribution in [2.24, 2.45) is 11.8 Å². The molecule has 11 nitrogen and oxygen atoms in total. The molecule has 40 heavy (non-hydrogen) atoms. The normalized spacial score (nSPS) is 22.1. The molecule has 3 aliphatic rings. The quantitative estimate of drug-likeness (QED) is 0.392. The number of amides is 1. The lowest BCUT2D eigenvalue weighted by atomic mass is 9.65. The fourth-order valence-electron chi connectivity index (χ4n) is 5.88. The SMILES string of the molecule is COc1cc(C(=O)N[C@@H]2c3cc4c(cc3[C@@H](c3cc(OC)c(O)c(OC)c3)[C@H]3C(=O)OC[C@@H]32)OCO4)ccc1O. The number of hydrogen-bond acceptors (Lipinski definition) is 10. The van der Waals surface area contributed by atoms with Gasteiger partial charge in [0.2, 0.25) is 12.5 Å². The van der Waals surface area contributed by atoms with Gasteiger partial charge >= 0.3 is 5.97 Å². The lowest BCUT2D eigenvalue weighted by Gasteiger charge is -2.39. The van der Waals surface area contributed by atoms with Crippen LogP contribution in [0.15, 0.2) is 42.5 Å². The molecule has 0 radical (unpaired) electrons. The van der Waals surface area contributed by atoms with Gasteiger partial charge in [-0.3, -0.25) is 9.59 Å². The molecule has 3 aromatic carbocycles. The summed E-state index contributed by atoms with van der Waals surface area (Å²) in [5.74, 6) is -1.14. The van der Waals surface area contributed by atoms with Crippen molar-refractivity contribution in [3.05, 3.63) is 64.7 Å². The van der Waals surface area contributed by atoms with Gasteiger partial charge in [0.05, 0.1) is 39.9 Å². The number of phenolic OH excluding ortho intramolecular Hbond substituents is 2. The minimum absolute atomic E-state index is 0.0446. The number of fused-ring (bicyclic) bond motifs is 3. The summed E-state index contributed by atoms with van der Waals surface area (Å²) in [6.07, 6.45) is 0. The zero-order valence-corrected chi connectivity index (χ0v) is 21.9. The molecule has 0 bridgehead atoms. The van der Waals surface area contributed by atoms with E-state index in [9.17, 15) is 19.8 Å². The molecule has 0 spiro atoms. The second-order valence-corrected chi connectivity index (χ2v) is 9.74. The fraction of sp³-hybridized carbons (Fsp3) is 0.310. The van der Waals surface area contributed by atoms with Crippen molar-refractivity contribution in [3.8, 4) is 40.2 Å². The van der Waals surface area contributed by atoms with Crippen molar-refractivity contribution in [1.82, 2.24) is 5.32 Å². The van der Waals surface area contributed by atoms with Gasteiger partial charge in [0.25, 0.3) is 5.91 Å². The Balaban J connectivity index is 1.49. The summed E-state index contributed by atoms with van der Waals surface area (Å²) in [4.78, 5) is 26.8. The van der Waals surface area contributed by atoms with Crippen LogP contribution in [0.2, 0.25) is 0 Å².